The third-order valence-corrected chi connectivity index (χ3v) is 6.62. The number of benzene rings is 3. The Kier molecular flexibility index (Phi) is 6.79. The number of nitrogens with one attached hydrogen (secondary N) is 1. The number of ether oxygens (including phenoxy) is 2. The zero-order chi connectivity index (χ0) is 25.1. The van der Waals surface area contributed by atoms with E-state index >= 15 is 0 Å². The van der Waals surface area contributed by atoms with Crippen LogP contribution in [0.25, 0.3) is 0 Å². The normalized spacial score (nSPS) is 16.5. The Morgan fingerprint density at radius 2 is 1.53 bits per heavy atom. The number of hydrogen-bond donors (Lipinski definition) is 1. The van der Waals surface area contributed by atoms with Gasteiger partial charge in [0.1, 0.15) is 5.75 Å². The molecule has 2 heterocycles. The fraction of sp³-hybridized carbons (Fsp3) is 0.250. The molecule has 2 aliphatic rings. The highest BCUT2D eigenvalue weighted by molar-refractivity contribution is 6.34. The minimum absolute atomic E-state index is 0.0126. The summed E-state index contributed by atoms with van der Waals surface area (Å²) in [7, 11) is 1.63. The third-order valence-electron chi connectivity index (χ3n) is 6.62. The van der Waals surface area contributed by atoms with Crippen molar-refractivity contribution in [3.05, 3.63) is 95.1 Å². The van der Waals surface area contributed by atoms with Crippen LogP contribution >= 0.6 is 0 Å². The molecule has 0 spiro atoms. The van der Waals surface area contributed by atoms with Gasteiger partial charge in [-0.25, -0.2) is 4.90 Å². The molecule has 0 aromatic heterocycles. The molecule has 0 saturated carbocycles. The second kappa shape index (κ2) is 10.3. The van der Waals surface area contributed by atoms with E-state index in [-0.39, 0.29) is 23.8 Å². The lowest BCUT2D eigenvalue weighted by molar-refractivity contribution is 0.0162. The number of imide groups is 1. The summed E-state index contributed by atoms with van der Waals surface area (Å²) < 4.78 is 10.8. The van der Waals surface area contributed by atoms with Crippen LogP contribution in [0.2, 0.25) is 0 Å². The Morgan fingerprint density at radius 1 is 0.917 bits per heavy atom. The molecule has 0 unspecified atom stereocenters. The third kappa shape index (κ3) is 4.60. The first-order valence-corrected chi connectivity index (χ1v) is 11.9. The van der Waals surface area contributed by atoms with E-state index in [1.165, 1.54) is 0 Å². The summed E-state index contributed by atoms with van der Waals surface area (Å²) in [5.41, 5.74) is 2.74. The quantitative estimate of drug-likeness (QED) is 0.517. The van der Waals surface area contributed by atoms with Gasteiger partial charge in [-0.05, 0) is 54.1 Å². The zero-order valence-electron chi connectivity index (χ0n) is 20.0. The number of methoxy groups -OCH3 is 1. The molecular formula is C28H27N3O5. The Bertz CT molecular complexity index is 1230. The first-order valence-electron chi connectivity index (χ1n) is 11.9. The van der Waals surface area contributed by atoms with Gasteiger partial charge in [-0.2, -0.15) is 0 Å². The maximum absolute atomic E-state index is 13.0. The van der Waals surface area contributed by atoms with Crippen molar-refractivity contribution in [2.75, 3.05) is 44.9 Å². The molecule has 2 aliphatic heterocycles. The molecule has 1 saturated heterocycles. The number of amides is 3. The van der Waals surface area contributed by atoms with E-state index in [9.17, 15) is 14.4 Å². The molecule has 1 atom stereocenters. The number of nitrogens with zero attached hydrogens (tertiary/aromatic N) is 2. The highest BCUT2D eigenvalue weighted by Crippen LogP contribution is 2.28. The monoisotopic (exact) mass is 485 g/mol. The van der Waals surface area contributed by atoms with Gasteiger partial charge in [-0.3, -0.25) is 19.3 Å². The molecule has 3 amide bonds. The van der Waals surface area contributed by atoms with E-state index in [2.05, 4.69) is 10.2 Å². The van der Waals surface area contributed by atoms with Crippen molar-refractivity contribution in [3.8, 4) is 5.75 Å². The van der Waals surface area contributed by atoms with E-state index in [0.717, 1.165) is 29.3 Å². The molecular weight excluding hydrogens is 458 g/mol. The number of hydrogen-bond acceptors (Lipinski definition) is 6. The molecule has 3 aromatic carbocycles. The van der Waals surface area contributed by atoms with Crippen LogP contribution in [0.3, 0.4) is 0 Å². The van der Waals surface area contributed by atoms with Crippen molar-refractivity contribution in [2.24, 2.45) is 0 Å². The summed E-state index contributed by atoms with van der Waals surface area (Å²) in [6.07, 6.45) is 0. The van der Waals surface area contributed by atoms with Crippen LogP contribution in [0.4, 0.5) is 5.69 Å². The lowest BCUT2D eigenvalue weighted by Crippen LogP contribution is -2.43. The molecule has 8 heteroatoms. The number of carbonyl (C=O) groups is 3. The van der Waals surface area contributed by atoms with E-state index < -0.39 is 0 Å². The molecule has 184 valence electrons. The van der Waals surface area contributed by atoms with Crippen LogP contribution in [0.1, 0.15) is 42.7 Å². The number of fused-ring (bicyclic) bond motifs is 1. The molecule has 0 radical (unpaired) electrons. The number of carbonyl (C=O) groups excluding carboxylic acids is 3. The standard InChI is InChI=1S/C28H27N3O5/c1-35-22-12-8-19(9-13-22)25(30-14-16-36-17-15-30)18-29-26(32)20-6-10-21(11-7-20)31-27(33)23-4-2-3-5-24(23)28(31)34/h2-13,25H,14-18H2,1H3,(H,29,32)/t25-/m0/s1. The van der Waals surface area contributed by atoms with Crippen molar-refractivity contribution < 1.29 is 23.9 Å². The van der Waals surface area contributed by atoms with Gasteiger partial charge in [-0.1, -0.05) is 24.3 Å². The molecule has 0 aliphatic carbocycles. The Labute approximate surface area is 209 Å². The maximum Gasteiger partial charge on any atom is 0.266 e. The maximum atomic E-state index is 13.0. The summed E-state index contributed by atoms with van der Waals surface area (Å²) >= 11 is 0. The highest BCUT2D eigenvalue weighted by atomic mass is 16.5. The minimum Gasteiger partial charge on any atom is -0.497 e. The molecule has 8 nitrogen and oxygen atoms in total. The van der Waals surface area contributed by atoms with Gasteiger partial charge >= 0.3 is 0 Å². The lowest BCUT2D eigenvalue weighted by Gasteiger charge is -2.35. The Morgan fingerprint density at radius 3 is 2.11 bits per heavy atom. The first kappa shape index (κ1) is 23.7. The number of anilines is 1. The zero-order valence-corrected chi connectivity index (χ0v) is 20.0. The van der Waals surface area contributed by atoms with Gasteiger partial charge in [0.2, 0.25) is 0 Å². The van der Waals surface area contributed by atoms with Gasteiger partial charge in [-0.15, -0.1) is 0 Å². The van der Waals surface area contributed by atoms with Gasteiger partial charge in [0, 0.05) is 25.2 Å². The van der Waals surface area contributed by atoms with Gasteiger partial charge in [0.15, 0.2) is 0 Å². The average molecular weight is 486 g/mol. The SMILES string of the molecule is COc1ccc([C@H](CNC(=O)c2ccc(N3C(=O)c4ccccc4C3=O)cc2)N2CCOCC2)cc1. The minimum atomic E-state index is -0.361. The molecule has 1 N–H and O–H groups in total. The van der Waals surface area contributed by atoms with E-state index in [1.54, 1.807) is 55.6 Å². The average Bonchev–Trinajstić information content (AvgIpc) is 3.19. The molecule has 1 fully saturated rings. The summed E-state index contributed by atoms with van der Waals surface area (Å²) in [5.74, 6) is -0.168. The van der Waals surface area contributed by atoms with E-state index in [4.69, 9.17) is 9.47 Å². The van der Waals surface area contributed by atoms with Crippen LogP contribution < -0.4 is 15.0 Å². The predicted molar refractivity (Wildman–Crippen MR) is 134 cm³/mol. The molecule has 36 heavy (non-hydrogen) atoms. The fourth-order valence-electron chi connectivity index (χ4n) is 4.65. The second-order valence-corrected chi connectivity index (χ2v) is 8.69. The van der Waals surface area contributed by atoms with Crippen LogP contribution in [0.5, 0.6) is 5.75 Å². The molecule has 5 rings (SSSR count). The van der Waals surface area contributed by atoms with Crippen LogP contribution in [-0.4, -0.2) is 62.6 Å². The number of rotatable bonds is 7. The first-order chi connectivity index (χ1) is 17.6. The fourth-order valence-corrected chi connectivity index (χ4v) is 4.65. The van der Waals surface area contributed by atoms with Crippen LogP contribution in [-0.2, 0) is 4.74 Å². The van der Waals surface area contributed by atoms with Crippen molar-refractivity contribution in [2.45, 2.75) is 6.04 Å². The summed E-state index contributed by atoms with van der Waals surface area (Å²) in [6.45, 7) is 3.29. The van der Waals surface area contributed by atoms with Gasteiger partial charge in [0.05, 0.1) is 43.2 Å². The Balaban J connectivity index is 1.28. The largest absolute Gasteiger partial charge is 0.497 e. The molecule has 3 aromatic rings. The summed E-state index contributed by atoms with van der Waals surface area (Å²) in [6, 6.07) is 21.1. The second-order valence-electron chi connectivity index (χ2n) is 8.69. The smallest absolute Gasteiger partial charge is 0.266 e. The topological polar surface area (TPSA) is 88.2 Å². The highest BCUT2D eigenvalue weighted by Gasteiger charge is 2.36. The van der Waals surface area contributed by atoms with Crippen molar-refractivity contribution in [1.82, 2.24) is 10.2 Å². The molecule has 0 bridgehead atoms. The van der Waals surface area contributed by atoms with Gasteiger partial charge in [0.25, 0.3) is 17.7 Å². The lowest BCUT2D eigenvalue weighted by atomic mass is 10.0. The van der Waals surface area contributed by atoms with E-state index in [0.29, 0.717) is 42.1 Å². The summed E-state index contributed by atoms with van der Waals surface area (Å²) in [4.78, 5) is 41.9. The van der Waals surface area contributed by atoms with Gasteiger partial charge < -0.3 is 14.8 Å². The summed E-state index contributed by atoms with van der Waals surface area (Å²) in [5, 5.41) is 3.04. The van der Waals surface area contributed by atoms with E-state index in [1.807, 2.05) is 24.3 Å². The van der Waals surface area contributed by atoms with Crippen LogP contribution in [0.15, 0.2) is 72.8 Å². The van der Waals surface area contributed by atoms with Crippen LogP contribution in [0, 0.1) is 0 Å². The number of morpholine rings is 1. The van der Waals surface area contributed by atoms with Crippen molar-refractivity contribution >= 4 is 23.4 Å². The van der Waals surface area contributed by atoms with Crippen molar-refractivity contribution in [1.29, 1.82) is 0 Å². The van der Waals surface area contributed by atoms with Crippen molar-refractivity contribution in [3.63, 3.8) is 0 Å². The Hall–Kier alpha value is -4.01. The predicted octanol–water partition coefficient (Wildman–Crippen LogP) is 3.30.